The molecule has 0 aromatic carbocycles. The summed E-state index contributed by atoms with van der Waals surface area (Å²) < 4.78 is 5.34. The summed E-state index contributed by atoms with van der Waals surface area (Å²) in [5, 5.41) is 2.94. The van der Waals surface area contributed by atoms with Gasteiger partial charge in [0.15, 0.2) is 10.8 Å². The standard InChI is InChI=1S/C15H18N2O2S2/c18-14(17-6-2-1-3-7-17)11-20-9-12-10-21-15(16-12)13-5-4-8-19-13/h4-5,8,10H,1-3,6-7,9,11H2. The molecule has 0 bridgehead atoms. The summed E-state index contributed by atoms with van der Waals surface area (Å²) in [6, 6.07) is 3.78. The molecule has 0 radical (unpaired) electrons. The highest BCUT2D eigenvalue weighted by molar-refractivity contribution is 7.99. The Morgan fingerprint density at radius 3 is 3.00 bits per heavy atom. The Balaban J connectivity index is 1.46. The maximum absolute atomic E-state index is 12.1. The monoisotopic (exact) mass is 322 g/mol. The second-order valence-corrected chi connectivity index (χ2v) is 6.90. The van der Waals surface area contributed by atoms with Gasteiger partial charge < -0.3 is 9.32 Å². The van der Waals surface area contributed by atoms with Gasteiger partial charge in [0, 0.05) is 24.2 Å². The quantitative estimate of drug-likeness (QED) is 0.843. The molecule has 6 heteroatoms. The molecule has 0 saturated carbocycles. The predicted octanol–water partition coefficient (Wildman–Crippen LogP) is 3.65. The van der Waals surface area contributed by atoms with Crippen molar-refractivity contribution in [2.75, 3.05) is 18.8 Å². The Hall–Kier alpha value is -1.27. The minimum Gasteiger partial charge on any atom is -0.462 e. The molecule has 1 saturated heterocycles. The van der Waals surface area contributed by atoms with E-state index >= 15 is 0 Å². The molecule has 0 atom stereocenters. The molecule has 2 aromatic rings. The van der Waals surface area contributed by atoms with Crippen LogP contribution in [0.25, 0.3) is 10.8 Å². The molecule has 0 unspecified atom stereocenters. The van der Waals surface area contributed by atoms with Gasteiger partial charge in [-0.25, -0.2) is 4.98 Å². The number of aromatic nitrogens is 1. The number of carbonyl (C=O) groups is 1. The Kier molecular flexibility index (Phi) is 4.98. The first-order valence-electron chi connectivity index (χ1n) is 7.17. The topological polar surface area (TPSA) is 46.3 Å². The van der Waals surface area contributed by atoms with Crippen molar-refractivity contribution in [1.29, 1.82) is 0 Å². The van der Waals surface area contributed by atoms with E-state index in [0.29, 0.717) is 5.75 Å². The molecule has 1 fully saturated rings. The molecule has 1 aliphatic heterocycles. The number of likely N-dealkylation sites (tertiary alicyclic amines) is 1. The van der Waals surface area contributed by atoms with Crippen LogP contribution in [0.5, 0.6) is 0 Å². The number of carbonyl (C=O) groups excluding carboxylic acids is 1. The first-order valence-corrected chi connectivity index (χ1v) is 9.20. The van der Waals surface area contributed by atoms with Crippen molar-refractivity contribution in [3.8, 4) is 10.8 Å². The summed E-state index contributed by atoms with van der Waals surface area (Å²) >= 11 is 3.22. The van der Waals surface area contributed by atoms with E-state index in [1.54, 1.807) is 29.4 Å². The average Bonchev–Trinajstić information content (AvgIpc) is 3.19. The SMILES string of the molecule is O=C(CSCc1csc(-c2ccco2)n1)N1CCCCC1. The van der Waals surface area contributed by atoms with Crippen LogP contribution < -0.4 is 0 Å². The van der Waals surface area contributed by atoms with E-state index in [9.17, 15) is 4.79 Å². The second kappa shape index (κ2) is 7.13. The lowest BCUT2D eigenvalue weighted by molar-refractivity contribution is -0.129. The van der Waals surface area contributed by atoms with Crippen LogP contribution in [-0.2, 0) is 10.5 Å². The third-order valence-corrected chi connectivity index (χ3v) is 5.32. The fraction of sp³-hybridized carbons (Fsp3) is 0.467. The predicted molar refractivity (Wildman–Crippen MR) is 86.4 cm³/mol. The third-order valence-electron chi connectivity index (χ3n) is 3.47. The molecule has 0 aliphatic carbocycles. The van der Waals surface area contributed by atoms with Crippen molar-refractivity contribution in [2.45, 2.75) is 25.0 Å². The molecule has 1 aliphatic rings. The van der Waals surface area contributed by atoms with Gasteiger partial charge in [-0.3, -0.25) is 4.79 Å². The zero-order valence-electron chi connectivity index (χ0n) is 11.8. The molecule has 112 valence electrons. The van der Waals surface area contributed by atoms with Crippen molar-refractivity contribution >= 4 is 29.0 Å². The lowest BCUT2D eigenvalue weighted by atomic mass is 10.1. The van der Waals surface area contributed by atoms with Gasteiger partial charge in [0.05, 0.1) is 17.7 Å². The van der Waals surface area contributed by atoms with E-state index < -0.39 is 0 Å². The van der Waals surface area contributed by atoms with Gasteiger partial charge in [0.25, 0.3) is 0 Å². The number of hydrogen-bond acceptors (Lipinski definition) is 5. The molecule has 21 heavy (non-hydrogen) atoms. The highest BCUT2D eigenvalue weighted by atomic mass is 32.2. The molecular formula is C15H18N2O2S2. The lowest BCUT2D eigenvalue weighted by Crippen LogP contribution is -2.36. The summed E-state index contributed by atoms with van der Waals surface area (Å²) in [6.45, 7) is 1.86. The molecule has 2 aromatic heterocycles. The highest BCUT2D eigenvalue weighted by Gasteiger charge is 2.16. The van der Waals surface area contributed by atoms with Crippen LogP contribution >= 0.6 is 23.1 Å². The van der Waals surface area contributed by atoms with E-state index in [2.05, 4.69) is 4.98 Å². The van der Waals surface area contributed by atoms with Crippen LogP contribution in [0.4, 0.5) is 0 Å². The fourth-order valence-electron chi connectivity index (χ4n) is 2.36. The highest BCUT2D eigenvalue weighted by Crippen LogP contribution is 2.25. The van der Waals surface area contributed by atoms with E-state index in [1.807, 2.05) is 22.4 Å². The summed E-state index contributed by atoms with van der Waals surface area (Å²) in [7, 11) is 0. The summed E-state index contributed by atoms with van der Waals surface area (Å²) in [4.78, 5) is 18.6. The number of thiazole rings is 1. The van der Waals surface area contributed by atoms with Gasteiger partial charge >= 0.3 is 0 Å². The maximum Gasteiger partial charge on any atom is 0.232 e. The lowest BCUT2D eigenvalue weighted by Gasteiger charge is -2.26. The van der Waals surface area contributed by atoms with Crippen LogP contribution in [0.1, 0.15) is 25.0 Å². The average molecular weight is 322 g/mol. The van der Waals surface area contributed by atoms with Gasteiger partial charge in [0.1, 0.15) is 0 Å². The van der Waals surface area contributed by atoms with Crippen molar-refractivity contribution in [3.63, 3.8) is 0 Å². The summed E-state index contributed by atoms with van der Waals surface area (Å²) in [5.41, 5.74) is 1.02. The minimum atomic E-state index is 0.265. The number of nitrogens with zero attached hydrogens (tertiary/aromatic N) is 2. The van der Waals surface area contributed by atoms with E-state index in [0.717, 1.165) is 48.1 Å². The Morgan fingerprint density at radius 2 is 2.24 bits per heavy atom. The first kappa shape index (κ1) is 14.7. The van der Waals surface area contributed by atoms with Crippen LogP contribution in [0.15, 0.2) is 28.2 Å². The van der Waals surface area contributed by atoms with Gasteiger partial charge in [-0.1, -0.05) is 0 Å². The van der Waals surface area contributed by atoms with Crippen LogP contribution in [0.2, 0.25) is 0 Å². The van der Waals surface area contributed by atoms with Crippen LogP contribution in [0, 0.1) is 0 Å². The fourth-order valence-corrected chi connectivity index (χ4v) is 4.07. The number of furan rings is 1. The van der Waals surface area contributed by atoms with Crippen molar-refractivity contribution in [3.05, 3.63) is 29.5 Å². The normalized spacial score (nSPS) is 15.3. The Bertz CT molecular complexity index is 574. The molecule has 1 amide bonds. The van der Waals surface area contributed by atoms with Crippen molar-refractivity contribution < 1.29 is 9.21 Å². The van der Waals surface area contributed by atoms with Crippen LogP contribution in [-0.4, -0.2) is 34.6 Å². The van der Waals surface area contributed by atoms with Gasteiger partial charge in [0.2, 0.25) is 5.91 Å². The number of amides is 1. The third kappa shape index (κ3) is 3.89. The number of piperidine rings is 1. The zero-order chi connectivity index (χ0) is 14.5. The number of thioether (sulfide) groups is 1. The summed E-state index contributed by atoms with van der Waals surface area (Å²) in [6.07, 6.45) is 5.21. The number of rotatable bonds is 5. The molecule has 4 nitrogen and oxygen atoms in total. The zero-order valence-corrected chi connectivity index (χ0v) is 13.4. The minimum absolute atomic E-state index is 0.265. The van der Waals surface area contributed by atoms with Crippen molar-refractivity contribution in [1.82, 2.24) is 9.88 Å². The van der Waals surface area contributed by atoms with Crippen molar-refractivity contribution in [2.24, 2.45) is 0 Å². The Labute approximate surface area is 132 Å². The smallest absolute Gasteiger partial charge is 0.232 e. The molecule has 3 heterocycles. The maximum atomic E-state index is 12.1. The Morgan fingerprint density at radius 1 is 1.38 bits per heavy atom. The van der Waals surface area contributed by atoms with E-state index in [-0.39, 0.29) is 5.91 Å². The largest absolute Gasteiger partial charge is 0.462 e. The number of hydrogen-bond donors (Lipinski definition) is 0. The molecule has 0 N–H and O–H groups in total. The molecular weight excluding hydrogens is 304 g/mol. The van der Waals surface area contributed by atoms with Gasteiger partial charge in [-0.05, 0) is 31.4 Å². The van der Waals surface area contributed by atoms with Gasteiger partial charge in [-0.2, -0.15) is 0 Å². The van der Waals surface area contributed by atoms with E-state index in [4.69, 9.17) is 4.42 Å². The van der Waals surface area contributed by atoms with Gasteiger partial charge in [-0.15, -0.1) is 23.1 Å². The van der Waals surface area contributed by atoms with Crippen LogP contribution in [0.3, 0.4) is 0 Å². The molecule has 3 rings (SSSR count). The first-order chi connectivity index (χ1) is 10.3. The molecule has 0 spiro atoms. The second-order valence-electron chi connectivity index (χ2n) is 5.06. The van der Waals surface area contributed by atoms with E-state index in [1.165, 1.54) is 6.42 Å². The summed E-state index contributed by atoms with van der Waals surface area (Å²) in [5.74, 6) is 2.39.